The van der Waals surface area contributed by atoms with Gasteiger partial charge in [0.1, 0.15) is 5.82 Å². The summed E-state index contributed by atoms with van der Waals surface area (Å²) in [7, 11) is 0. The first-order valence-electron chi connectivity index (χ1n) is 9.39. The SMILES string of the molecule is O=C(NCC1(O)CCCCCC1)C1(c2ccc(F)cc2)CCOCC1. The van der Waals surface area contributed by atoms with E-state index in [1.165, 1.54) is 12.1 Å². The molecule has 2 N–H and O–H groups in total. The van der Waals surface area contributed by atoms with Gasteiger partial charge in [-0.3, -0.25) is 4.79 Å². The first kappa shape index (κ1) is 18.3. The van der Waals surface area contributed by atoms with Crippen LogP contribution >= 0.6 is 0 Å². The number of carbonyl (C=O) groups is 1. The molecule has 2 fully saturated rings. The number of amides is 1. The van der Waals surface area contributed by atoms with Gasteiger partial charge >= 0.3 is 0 Å². The molecule has 1 aromatic rings. The molecule has 138 valence electrons. The molecule has 1 saturated heterocycles. The Hall–Kier alpha value is -1.46. The van der Waals surface area contributed by atoms with E-state index in [0.29, 0.717) is 26.1 Å². The molecule has 4 nitrogen and oxygen atoms in total. The van der Waals surface area contributed by atoms with Crippen molar-refractivity contribution >= 4 is 5.91 Å². The maximum Gasteiger partial charge on any atom is 0.230 e. The number of benzene rings is 1. The number of halogens is 1. The van der Waals surface area contributed by atoms with Crippen molar-refractivity contribution in [2.75, 3.05) is 19.8 Å². The number of hydrogen-bond acceptors (Lipinski definition) is 3. The van der Waals surface area contributed by atoms with Crippen LogP contribution in [0.2, 0.25) is 0 Å². The average Bonchev–Trinajstić information content (AvgIpc) is 2.86. The molecule has 1 amide bonds. The highest BCUT2D eigenvalue weighted by Gasteiger charge is 2.42. The molecule has 25 heavy (non-hydrogen) atoms. The zero-order valence-electron chi connectivity index (χ0n) is 14.7. The van der Waals surface area contributed by atoms with Crippen LogP contribution in [0.1, 0.15) is 56.9 Å². The summed E-state index contributed by atoms with van der Waals surface area (Å²) in [5.41, 5.74) is -0.684. The third-order valence-corrected chi connectivity index (χ3v) is 5.79. The molecule has 1 aliphatic carbocycles. The highest BCUT2D eigenvalue weighted by molar-refractivity contribution is 5.88. The molecular formula is C20H28FNO3. The topological polar surface area (TPSA) is 58.6 Å². The summed E-state index contributed by atoms with van der Waals surface area (Å²) in [5, 5.41) is 13.8. The highest BCUT2D eigenvalue weighted by atomic mass is 19.1. The monoisotopic (exact) mass is 349 g/mol. The fourth-order valence-electron chi connectivity index (χ4n) is 4.11. The Morgan fingerprint density at radius 2 is 1.64 bits per heavy atom. The van der Waals surface area contributed by atoms with Crippen molar-refractivity contribution in [3.05, 3.63) is 35.6 Å². The first-order valence-corrected chi connectivity index (χ1v) is 9.39. The zero-order valence-corrected chi connectivity index (χ0v) is 14.7. The van der Waals surface area contributed by atoms with Crippen LogP contribution in [0, 0.1) is 5.82 Å². The lowest BCUT2D eigenvalue weighted by Gasteiger charge is -2.37. The van der Waals surface area contributed by atoms with Crippen molar-refractivity contribution in [2.45, 2.75) is 62.4 Å². The van der Waals surface area contributed by atoms with Crippen molar-refractivity contribution in [3.63, 3.8) is 0 Å². The minimum absolute atomic E-state index is 0.0833. The normalized spacial score (nSPS) is 22.8. The van der Waals surface area contributed by atoms with Crippen LogP contribution in [0.25, 0.3) is 0 Å². The third-order valence-electron chi connectivity index (χ3n) is 5.79. The number of carbonyl (C=O) groups excluding carboxylic acids is 1. The molecule has 0 unspecified atom stereocenters. The van der Waals surface area contributed by atoms with E-state index in [4.69, 9.17) is 4.74 Å². The van der Waals surface area contributed by atoms with Crippen LogP contribution in [-0.4, -0.2) is 36.4 Å². The van der Waals surface area contributed by atoms with Gasteiger partial charge in [-0.25, -0.2) is 4.39 Å². The summed E-state index contributed by atoms with van der Waals surface area (Å²) in [5.74, 6) is -0.390. The number of rotatable bonds is 4. The smallest absolute Gasteiger partial charge is 0.230 e. The lowest BCUT2D eigenvalue weighted by atomic mass is 9.73. The van der Waals surface area contributed by atoms with Gasteiger partial charge in [0.15, 0.2) is 0 Å². The number of hydrogen-bond donors (Lipinski definition) is 2. The van der Waals surface area contributed by atoms with E-state index < -0.39 is 11.0 Å². The molecule has 0 radical (unpaired) electrons. The van der Waals surface area contributed by atoms with Gasteiger partial charge in [0.25, 0.3) is 0 Å². The molecular weight excluding hydrogens is 321 g/mol. The van der Waals surface area contributed by atoms with Gasteiger partial charge in [-0.2, -0.15) is 0 Å². The summed E-state index contributed by atoms with van der Waals surface area (Å²) in [6, 6.07) is 6.19. The Kier molecular flexibility index (Phi) is 5.74. The lowest BCUT2D eigenvalue weighted by molar-refractivity contribution is -0.132. The Morgan fingerprint density at radius 3 is 2.24 bits per heavy atom. The van der Waals surface area contributed by atoms with Gasteiger partial charge in [-0.1, -0.05) is 37.8 Å². The fraction of sp³-hybridized carbons (Fsp3) is 0.650. The maximum atomic E-state index is 13.3. The van der Waals surface area contributed by atoms with Gasteiger partial charge in [-0.05, 0) is 43.4 Å². The second-order valence-corrected chi connectivity index (χ2v) is 7.52. The summed E-state index contributed by atoms with van der Waals surface area (Å²) < 4.78 is 18.7. The fourth-order valence-corrected chi connectivity index (χ4v) is 4.11. The number of nitrogens with one attached hydrogen (secondary N) is 1. The summed E-state index contributed by atoms with van der Waals surface area (Å²) in [4.78, 5) is 13.1. The molecule has 1 heterocycles. The van der Waals surface area contributed by atoms with Crippen LogP contribution in [0.5, 0.6) is 0 Å². The summed E-state index contributed by atoms with van der Waals surface area (Å²) in [6.07, 6.45) is 6.92. The van der Waals surface area contributed by atoms with Crippen LogP contribution in [0.15, 0.2) is 24.3 Å². The van der Waals surface area contributed by atoms with E-state index >= 15 is 0 Å². The van der Waals surface area contributed by atoms with Crippen LogP contribution < -0.4 is 5.32 Å². The second kappa shape index (κ2) is 7.83. The van der Waals surface area contributed by atoms with E-state index in [0.717, 1.165) is 44.1 Å². The minimum Gasteiger partial charge on any atom is -0.388 e. The Morgan fingerprint density at radius 1 is 1.04 bits per heavy atom. The third kappa shape index (κ3) is 4.21. The van der Waals surface area contributed by atoms with E-state index in [-0.39, 0.29) is 18.3 Å². The second-order valence-electron chi connectivity index (χ2n) is 7.52. The zero-order chi connectivity index (χ0) is 17.8. The van der Waals surface area contributed by atoms with Gasteiger partial charge in [0.2, 0.25) is 5.91 Å². The minimum atomic E-state index is -0.804. The molecule has 2 aliphatic rings. The van der Waals surface area contributed by atoms with Crippen LogP contribution in [0.4, 0.5) is 4.39 Å². The van der Waals surface area contributed by atoms with Crippen molar-refractivity contribution in [1.82, 2.24) is 5.32 Å². The first-order chi connectivity index (χ1) is 12.0. The Balaban J connectivity index is 1.74. The van der Waals surface area contributed by atoms with E-state index in [9.17, 15) is 14.3 Å². The molecule has 0 bridgehead atoms. The molecule has 0 aromatic heterocycles. The highest BCUT2D eigenvalue weighted by Crippen LogP contribution is 2.36. The lowest BCUT2D eigenvalue weighted by Crippen LogP contribution is -2.52. The van der Waals surface area contributed by atoms with Crippen molar-refractivity contribution < 1.29 is 19.0 Å². The van der Waals surface area contributed by atoms with Gasteiger partial charge in [-0.15, -0.1) is 0 Å². The molecule has 3 rings (SSSR count). The predicted octanol–water partition coefficient (Wildman–Crippen LogP) is 3.08. The van der Waals surface area contributed by atoms with Crippen molar-refractivity contribution in [3.8, 4) is 0 Å². The molecule has 1 aliphatic heterocycles. The molecule has 0 spiro atoms. The Labute approximate surface area is 148 Å². The van der Waals surface area contributed by atoms with Crippen molar-refractivity contribution in [2.24, 2.45) is 0 Å². The van der Waals surface area contributed by atoms with E-state index in [1.54, 1.807) is 12.1 Å². The molecule has 1 saturated carbocycles. The standard InChI is InChI=1S/C20H28FNO3/c21-17-7-5-16(6-8-17)20(11-13-25-14-12-20)18(23)22-15-19(24)9-3-1-2-4-10-19/h5-8,24H,1-4,9-15H2,(H,22,23). The average molecular weight is 349 g/mol. The molecule has 1 aromatic carbocycles. The largest absolute Gasteiger partial charge is 0.388 e. The quantitative estimate of drug-likeness (QED) is 0.822. The van der Waals surface area contributed by atoms with Gasteiger partial charge in [0, 0.05) is 19.8 Å². The maximum absolute atomic E-state index is 13.3. The van der Waals surface area contributed by atoms with Gasteiger partial charge in [0.05, 0.1) is 11.0 Å². The summed E-state index contributed by atoms with van der Waals surface area (Å²) >= 11 is 0. The van der Waals surface area contributed by atoms with E-state index in [2.05, 4.69) is 5.32 Å². The van der Waals surface area contributed by atoms with Crippen LogP contribution in [-0.2, 0) is 14.9 Å². The summed E-state index contributed by atoms with van der Waals surface area (Å²) in [6.45, 7) is 1.31. The predicted molar refractivity (Wildman–Crippen MR) is 93.8 cm³/mol. The number of aliphatic hydroxyl groups is 1. The van der Waals surface area contributed by atoms with Crippen molar-refractivity contribution in [1.29, 1.82) is 0 Å². The molecule has 5 heteroatoms. The molecule has 0 atom stereocenters. The van der Waals surface area contributed by atoms with E-state index in [1.807, 2.05) is 0 Å². The van der Waals surface area contributed by atoms with Gasteiger partial charge < -0.3 is 15.2 Å². The van der Waals surface area contributed by atoms with Crippen LogP contribution in [0.3, 0.4) is 0 Å². The number of ether oxygens (including phenoxy) is 1. The Bertz CT molecular complexity index is 573.